The number of esters is 1. The van der Waals surface area contributed by atoms with Gasteiger partial charge in [-0.2, -0.15) is 0 Å². The normalized spacial score (nSPS) is 12.0. The Bertz CT molecular complexity index is 1340. The third-order valence-corrected chi connectivity index (χ3v) is 5.67. The Hall–Kier alpha value is -4.80. The second kappa shape index (κ2) is 9.82. The molecule has 0 saturated carbocycles. The summed E-state index contributed by atoms with van der Waals surface area (Å²) < 4.78 is 27.2. The van der Waals surface area contributed by atoms with Gasteiger partial charge in [-0.1, -0.05) is 0 Å². The van der Waals surface area contributed by atoms with E-state index in [0.29, 0.717) is 22.8 Å². The quantitative estimate of drug-likeness (QED) is 0.267. The van der Waals surface area contributed by atoms with Crippen molar-refractivity contribution in [1.82, 2.24) is 0 Å². The van der Waals surface area contributed by atoms with Crippen molar-refractivity contribution in [2.45, 2.75) is 6.54 Å². The van der Waals surface area contributed by atoms with E-state index >= 15 is 0 Å². The number of hydrogen-bond donors (Lipinski definition) is 0. The number of nitro groups is 1. The Kier molecular flexibility index (Phi) is 6.64. The highest BCUT2D eigenvalue weighted by atomic mass is 16.6. The predicted octanol–water partition coefficient (Wildman–Crippen LogP) is 4.36. The third kappa shape index (κ3) is 4.33. The number of methoxy groups -OCH3 is 4. The molecule has 3 aromatic carbocycles. The summed E-state index contributed by atoms with van der Waals surface area (Å²) in [6.07, 6.45) is 0. The third-order valence-electron chi connectivity index (χ3n) is 5.67. The van der Waals surface area contributed by atoms with Crippen molar-refractivity contribution in [1.29, 1.82) is 0 Å². The molecule has 0 N–H and O–H groups in total. The zero-order valence-electron chi connectivity index (χ0n) is 19.9. The highest BCUT2D eigenvalue weighted by Gasteiger charge is 2.32. The molecule has 0 saturated heterocycles. The van der Waals surface area contributed by atoms with E-state index in [1.807, 2.05) is 0 Å². The summed E-state index contributed by atoms with van der Waals surface area (Å²) in [5, 5.41) is 11.4. The van der Waals surface area contributed by atoms with E-state index in [1.54, 1.807) is 12.1 Å². The number of rotatable bonds is 7. The average Bonchev–Trinajstić information content (AvgIpc) is 3.01. The van der Waals surface area contributed by atoms with Crippen LogP contribution in [0.1, 0.15) is 26.3 Å². The molecular weight excluding hydrogens is 472 g/mol. The van der Waals surface area contributed by atoms with Gasteiger partial charge in [0.15, 0.2) is 5.75 Å². The lowest BCUT2D eigenvalue weighted by Gasteiger charge is -2.25. The minimum atomic E-state index is -0.609. The second-order valence-electron chi connectivity index (χ2n) is 7.62. The summed E-state index contributed by atoms with van der Waals surface area (Å²) >= 11 is 0. The Morgan fingerprint density at radius 1 is 0.944 bits per heavy atom. The molecule has 0 radical (unpaired) electrons. The van der Waals surface area contributed by atoms with Crippen LogP contribution in [-0.2, 0) is 11.3 Å². The number of benzene rings is 3. The largest absolute Gasteiger partial charge is 0.496 e. The van der Waals surface area contributed by atoms with Crippen LogP contribution in [0, 0.1) is 10.1 Å². The molecule has 11 heteroatoms. The van der Waals surface area contributed by atoms with Crippen molar-refractivity contribution in [2.24, 2.45) is 0 Å². The maximum Gasteiger partial charge on any atom is 0.337 e. The van der Waals surface area contributed by atoms with Crippen molar-refractivity contribution in [3.63, 3.8) is 0 Å². The van der Waals surface area contributed by atoms with E-state index in [-0.39, 0.29) is 40.5 Å². The first-order chi connectivity index (χ1) is 17.3. The topological polar surface area (TPSA) is 127 Å². The van der Waals surface area contributed by atoms with Gasteiger partial charge in [-0.25, -0.2) is 4.79 Å². The lowest BCUT2D eigenvalue weighted by atomic mass is 10.1. The summed E-state index contributed by atoms with van der Waals surface area (Å²) in [7, 11) is 5.67. The molecule has 36 heavy (non-hydrogen) atoms. The first kappa shape index (κ1) is 24.3. The van der Waals surface area contributed by atoms with Gasteiger partial charge in [0.05, 0.1) is 62.3 Å². The monoisotopic (exact) mass is 494 g/mol. The number of carbonyl (C=O) groups excluding carboxylic acids is 2. The number of non-ortho nitro benzene ring substituents is 1. The summed E-state index contributed by atoms with van der Waals surface area (Å²) in [4.78, 5) is 38.2. The molecule has 0 bridgehead atoms. The SMILES string of the molecule is COC(=O)c1ccc2c(c1)N(Cc1c(OC)cc(OC)cc1OC)C(=O)c1cc([N+](=O)[O-])ccc1O2. The van der Waals surface area contributed by atoms with Crippen molar-refractivity contribution < 1.29 is 38.2 Å². The standard InChI is InChI=1S/C25H22N2O9/c1-32-16-11-22(33-2)18(23(12-16)34-3)13-26-19-9-14(25(29)35-4)5-7-21(19)36-20-8-6-15(27(30)31)10-17(20)24(26)28/h5-12H,13H2,1-4H3. The highest BCUT2D eigenvalue weighted by molar-refractivity contribution is 6.10. The zero-order valence-corrected chi connectivity index (χ0v) is 19.9. The maximum absolute atomic E-state index is 13.9. The molecule has 0 spiro atoms. The van der Waals surface area contributed by atoms with Crippen LogP contribution in [0.2, 0.25) is 0 Å². The molecule has 0 aromatic heterocycles. The van der Waals surface area contributed by atoms with Gasteiger partial charge in [0.1, 0.15) is 23.0 Å². The van der Waals surface area contributed by atoms with Gasteiger partial charge in [-0.05, 0) is 24.3 Å². The van der Waals surface area contributed by atoms with Crippen molar-refractivity contribution in [2.75, 3.05) is 33.3 Å². The van der Waals surface area contributed by atoms with Crippen LogP contribution in [0.3, 0.4) is 0 Å². The van der Waals surface area contributed by atoms with Crippen LogP contribution in [0.15, 0.2) is 48.5 Å². The highest BCUT2D eigenvalue weighted by Crippen LogP contribution is 2.43. The minimum Gasteiger partial charge on any atom is -0.496 e. The van der Waals surface area contributed by atoms with Gasteiger partial charge in [0.2, 0.25) is 0 Å². The number of carbonyl (C=O) groups is 2. The summed E-state index contributed by atoms with van der Waals surface area (Å²) in [6, 6.07) is 11.5. The van der Waals surface area contributed by atoms with Gasteiger partial charge in [-0.15, -0.1) is 0 Å². The number of hydrogen-bond acceptors (Lipinski definition) is 9. The average molecular weight is 494 g/mol. The molecular formula is C25H22N2O9. The molecule has 4 rings (SSSR count). The van der Waals surface area contributed by atoms with E-state index in [4.69, 9.17) is 23.7 Å². The molecule has 0 atom stereocenters. The molecule has 1 aliphatic heterocycles. The fourth-order valence-electron chi connectivity index (χ4n) is 3.87. The van der Waals surface area contributed by atoms with Gasteiger partial charge in [-0.3, -0.25) is 19.8 Å². The van der Waals surface area contributed by atoms with Gasteiger partial charge < -0.3 is 23.7 Å². The lowest BCUT2D eigenvalue weighted by Crippen LogP contribution is -2.30. The molecule has 0 unspecified atom stereocenters. The number of nitrogens with zero attached hydrogens (tertiary/aromatic N) is 2. The van der Waals surface area contributed by atoms with Crippen LogP contribution in [0.4, 0.5) is 11.4 Å². The molecule has 1 aliphatic rings. The van der Waals surface area contributed by atoms with Crippen LogP contribution in [-0.4, -0.2) is 45.2 Å². The second-order valence-corrected chi connectivity index (χ2v) is 7.62. The van der Waals surface area contributed by atoms with E-state index in [0.717, 1.165) is 6.07 Å². The van der Waals surface area contributed by atoms with Crippen LogP contribution < -0.4 is 23.8 Å². The predicted molar refractivity (Wildman–Crippen MR) is 128 cm³/mol. The van der Waals surface area contributed by atoms with E-state index in [9.17, 15) is 19.7 Å². The smallest absolute Gasteiger partial charge is 0.337 e. The lowest BCUT2D eigenvalue weighted by molar-refractivity contribution is -0.384. The number of anilines is 1. The van der Waals surface area contributed by atoms with Gasteiger partial charge in [0.25, 0.3) is 11.6 Å². The summed E-state index contributed by atoms with van der Waals surface area (Å²) in [5.41, 5.74) is 0.639. The molecule has 3 aromatic rings. The molecule has 1 heterocycles. The van der Waals surface area contributed by atoms with Crippen molar-refractivity contribution in [3.05, 3.63) is 75.3 Å². The minimum absolute atomic E-state index is 0.0218. The Labute approximate surface area is 205 Å². The number of amides is 1. The zero-order chi connectivity index (χ0) is 26.0. The number of fused-ring (bicyclic) bond motifs is 2. The molecule has 186 valence electrons. The Balaban J connectivity index is 1.93. The first-order valence-corrected chi connectivity index (χ1v) is 10.6. The fourth-order valence-corrected chi connectivity index (χ4v) is 3.87. The van der Waals surface area contributed by atoms with E-state index < -0.39 is 16.8 Å². The Morgan fingerprint density at radius 2 is 1.61 bits per heavy atom. The van der Waals surface area contributed by atoms with Crippen molar-refractivity contribution >= 4 is 23.3 Å². The summed E-state index contributed by atoms with van der Waals surface area (Å²) in [6.45, 7) is -0.0850. The van der Waals surface area contributed by atoms with Crippen LogP contribution in [0.5, 0.6) is 28.7 Å². The molecule has 0 aliphatic carbocycles. The fraction of sp³-hybridized carbons (Fsp3) is 0.200. The maximum atomic E-state index is 13.9. The van der Waals surface area contributed by atoms with E-state index in [2.05, 4.69) is 0 Å². The van der Waals surface area contributed by atoms with Crippen molar-refractivity contribution in [3.8, 4) is 28.7 Å². The number of ether oxygens (including phenoxy) is 5. The first-order valence-electron chi connectivity index (χ1n) is 10.6. The van der Waals surface area contributed by atoms with Crippen LogP contribution >= 0.6 is 0 Å². The van der Waals surface area contributed by atoms with Crippen LogP contribution in [0.25, 0.3) is 0 Å². The van der Waals surface area contributed by atoms with E-state index in [1.165, 1.54) is 63.7 Å². The molecule has 0 fully saturated rings. The van der Waals surface area contributed by atoms with Gasteiger partial charge >= 0.3 is 5.97 Å². The summed E-state index contributed by atoms with van der Waals surface area (Å²) in [5.74, 6) is 0.441. The Morgan fingerprint density at radius 3 is 2.19 bits per heavy atom. The molecule has 11 nitrogen and oxygen atoms in total. The number of nitro benzene ring substituents is 1. The van der Waals surface area contributed by atoms with Gasteiger partial charge in [0, 0.05) is 24.3 Å². The molecule has 1 amide bonds.